The Morgan fingerprint density at radius 1 is 1.67 bits per heavy atom. The van der Waals surface area contributed by atoms with Crippen LogP contribution >= 0.6 is 11.3 Å². The molecule has 0 atom stereocenters. The van der Waals surface area contributed by atoms with Crippen molar-refractivity contribution in [1.82, 2.24) is 10.2 Å². The van der Waals surface area contributed by atoms with E-state index in [4.69, 9.17) is 5.73 Å². The molecule has 9 heavy (non-hydrogen) atoms. The van der Waals surface area contributed by atoms with Crippen LogP contribution in [0.3, 0.4) is 0 Å². The van der Waals surface area contributed by atoms with Gasteiger partial charge in [0.1, 0.15) is 0 Å². The van der Waals surface area contributed by atoms with Crippen molar-refractivity contribution in [3.8, 4) is 0 Å². The summed E-state index contributed by atoms with van der Waals surface area (Å²) in [4.78, 5) is 9.24. The standard InChI is InChI=1S/C2H2N4O2S/c3-1-4-5-2(9-1)6(7)8/h(H2,3,4). The van der Waals surface area contributed by atoms with Crippen LogP contribution in [0, 0.1) is 10.1 Å². The van der Waals surface area contributed by atoms with Crippen LogP contribution in [0.2, 0.25) is 0 Å². The SMILES string of the molecule is Nc1nnc([N+](=O)[O-])s1. The van der Waals surface area contributed by atoms with Crippen LogP contribution in [0.15, 0.2) is 0 Å². The molecular weight excluding hydrogens is 144 g/mol. The summed E-state index contributed by atoms with van der Waals surface area (Å²) < 4.78 is 0. The summed E-state index contributed by atoms with van der Waals surface area (Å²) in [7, 11) is 0. The highest BCUT2D eigenvalue weighted by molar-refractivity contribution is 7.18. The normalized spacial score (nSPS) is 9.33. The van der Waals surface area contributed by atoms with Crippen LogP contribution in [0.1, 0.15) is 0 Å². The van der Waals surface area contributed by atoms with Crippen molar-refractivity contribution >= 4 is 21.6 Å². The zero-order valence-corrected chi connectivity index (χ0v) is 4.96. The van der Waals surface area contributed by atoms with Crippen molar-refractivity contribution in [2.75, 3.05) is 5.73 Å². The van der Waals surface area contributed by atoms with Crippen molar-refractivity contribution in [3.05, 3.63) is 10.1 Å². The van der Waals surface area contributed by atoms with Crippen LogP contribution in [-0.4, -0.2) is 15.1 Å². The van der Waals surface area contributed by atoms with E-state index in [1.165, 1.54) is 0 Å². The van der Waals surface area contributed by atoms with Crippen molar-refractivity contribution in [1.29, 1.82) is 0 Å². The van der Waals surface area contributed by atoms with Crippen LogP contribution < -0.4 is 5.73 Å². The van der Waals surface area contributed by atoms with Crippen molar-refractivity contribution in [2.24, 2.45) is 0 Å². The maximum atomic E-state index is 9.87. The van der Waals surface area contributed by atoms with E-state index in [9.17, 15) is 10.1 Å². The van der Waals surface area contributed by atoms with Crippen molar-refractivity contribution < 1.29 is 4.92 Å². The largest absolute Gasteiger partial charge is 0.452 e. The molecular formula is C2H2N4O2S. The fourth-order valence-electron chi connectivity index (χ4n) is 0.300. The fraction of sp³-hybridized carbons (Fsp3) is 0. The molecule has 0 amide bonds. The number of hydrogen-bond donors (Lipinski definition) is 1. The summed E-state index contributed by atoms with van der Waals surface area (Å²) in [5, 5.41) is 16.1. The number of aromatic nitrogens is 2. The molecule has 0 aliphatic heterocycles. The fourth-order valence-corrected chi connectivity index (χ4v) is 0.725. The van der Waals surface area contributed by atoms with Gasteiger partial charge in [0.25, 0.3) is 0 Å². The Kier molecular flexibility index (Phi) is 1.27. The average molecular weight is 146 g/mol. The Morgan fingerprint density at radius 3 is 2.56 bits per heavy atom. The quantitative estimate of drug-likeness (QED) is 0.445. The van der Waals surface area contributed by atoms with E-state index < -0.39 is 4.92 Å². The van der Waals surface area contributed by atoms with E-state index in [1.54, 1.807) is 0 Å². The van der Waals surface area contributed by atoms with Gasteiger partial charge in [0.15, 0.2) is 0 Å². The van der Waals surface area contributed by atoms with Gasteiger partial charge >= 0.3 is 5.13 Å². The minimum absolute atomic E-state index is 0.113. The molecule has 0 saturated carbocycles. The van der Waals surface area contributed by atoms with Gasteiger partial charge in [0.05, 0.1) is 5.10 Å². The van der Waals surface area contributed by atoms with Crippen LogP contribution in [0.25, 0.3) is 0 Å². The van der Waals surface area contributed by atoms with Gasteiger partial charge < -0.3 is 15.8 Å². The number of nitro groups is 1. The monoisotopic (exact) mass is 146 g/mol. The zero-order valence-electron chi connectivity index (χ0n) is 4.14. The minimum atomic E-state index is -0.631. The lowest BCUT2D eigenvalue weighted by molar-refractivity contribution is -0.385. The number of hydrogen-bond acceptors (Lipinski definition) is 6. The molecule has 1 rings (SSSR count). The number of anilines is 1. The van der Waals surface area contributed by atoms with E-state index in [1.807, 2.05) is 0 Å². The summed E-state index contributed by atoms with van der Waals surface area (Å²) in [6.45, 7) is 0. The molecule has 0 bridgehead atoms. The van der Waals surface area contributed by atoms with Crippen LogP contribution in [-0.2, 0) is 0 Å². The second-order valence-corrected chi connectivity index (χ2v) is 2.17. The lowest BCUT2D eigenvalue weighted by Gasteiger charge is -1.79. The predicted molar refractivity (Wildman–Crippen MR) is 31.0 cm³/mol. The summed E-state index contributed by atoms with van der Waals surface area (Å²) in [6.07, 6.45) is 0. The summed E-state index contributed by atoms with van der Waals surface area (Å²) in [5.41, 5.74) is 5.06. The third-order valence-corrected chi connectivity index (χ3v) is 1.29. The summed E-state index contributed by atoms with van der Waals surface area (Å²) >= 11 is 0.752. The van der Waals surface area contributed by atoms with E-state index in [0.29, 0.717) is 0 Å². The molecule has 0 fully saturated rings. The van der Waals surface area contributed by atoms with Crippen molar-refractivity contribution in [2.45, 2.75) is 0 Å². The molecule has 1 aromatic rings. The average Bonchev–Trinajstić information content (AvgIpc) is 2.14. The number of nitrogens with two attached hydrogens (primary N) is 1. The summed E-state index contributed by atoms with van der Waals surface area (Å²) in [6, 6.07) is 0. The van der Waals surface area contributed by atoms with E-state index in [0.717, 1.165) is 11.3 Å². The highest BCUT2D eigenvalue weighted by Gasteiger charge is 2.11. The minimum Gasteiger partial charge on any atom is -0.372 e. The van der Waals surface area contributed by atoms with E-state index >= 15 is 0 Å². The third kappa shape index (κ3) is 1.11. The Morgan fingerprint density at radius 2 is 2.33 bits per heavy atom. The predicted octanol–water partition coefficient (Wildman–Crippen LogP) is 0.0285. The van der Waals surface area contributed by atoms with Gasteiger partial charge in [0, 0.05) is 11.3 Å². The molecule has 1 aromatic heterocycles. The van der Waals surface area contributed by atoms with Gasteiger partial charge in [-0.3, -0.25) is 0 Å². The summed E-state index contributed by atoms with van der Waals surface area (Å²) in [5.74, 6) is 0. The first-order valence-corrected chi connectivity index (χ1v) is 2.75. The Hall–Kier alpha value is -1.24. The van der Waals surface area contributed by atoms with Gasteiger partial charge in [-0.1, -0.05) is 0 Å². The second kappa shape index (κ2) is 1.94. The van der Waals surface area contributed by atoms with Gasteiger partial charge in [-0.05, 0) is 10.0 Å². The van der Waals surface area contributed by atoms with Crippen molar-refractivity contribution in [3.63, 3.8) is 0 Å². The molecule has 0 aliphatic carbocycles. The van der Waals surface area contributed by atoms with Crippen LogP contribution in [0.4, 0.5) is 10.3 Å². The van der Waals surface area contributed by atoms with Gasteiger partial charge in [-0.15, -0.1) is 0 Å². The molecule has 7 heteroatoms. The van der Waals surface area contributed by atoms with Crippen LogP contribution in [0.5, 0.6) is 0 Å². The Labute approximate surface area is 53.5 Å². The first-order valence-electron chi connectivity index (χ1n) is 1.93. The Bertz CT molecular complexity index is 232. The zero-order chi connectivity index (χ0) is 6.85. The smallest absolute Gasteiger partial charge is 0.372 e. The molecule has 2 N–H and O–H groups in total. The molecule has 6 nitrogen and oxygen atoms in total. The lowest BCUT2D eigenvalue weighted by atomic mass is 11.3. The van der Waals surface area contributed by atoms with E-state index in [-0.39, 0.29) is 10.3 Å². The molecule has 0 aromatic carbocycles. The molecule has 48 valence electrons. The van der Waals surface area contributed by atoms with Gasteiger partial charge in [0.2, 0.25) is 5.13 Å². The topological polar surface area (TPSA) is 94.9 Å². The highest BCUT2D eigenvalue weighted by atomic mass is 32.1. The molecule has 1 heterocycles. The first-order chi connectivity index (χ1) is 4.20. The lowest BCUT2D eigenvalue weighted by Crippen LogP contribution is -1.85. The molecule has 0 unspecified atom stereocenters. The van der Waals surface area contributed by atoms with Gasteiger partial charge in [-0.25, -0.2) is 0 Å². The second-order valence-electron chi connectivity index (χ2n) is 1.18. The maximum absolute atomic E-state index is 9.87. The highest BCUT2D eigenvalue weighted by Crippen LogP contribution is 2.17. The molecule has 0 spiro atoms. The van der Waals surface area contributed by atoms with E-state index in [2.05, 4.69) is 10.2 Å². The number of nitrogen functional groups attached to an aromatic ring is 1. The molecule has 0 radical (unpaired) electrons. The molecule has 0 saturated heterocycles. The third-order valence-electron chi connectivity index (χ3n) is 0.586. The van der Waals surface area contributed by atoms with Gasteiger partial charge in [-0.2, -0.15) is 0 Å². The molecule has 0 aliphatic rings. The maximum Gasteiger partial charge on any atom is 0.452 e. The first kappa shape index (κ1) is 5.89. The Balaban J connectivity index is 2.98. The number of rotatable bonds is 1. The number of nitrogens with zero attached hydrogens (tertiary/aromatic N) is 3.